The molecule has 1 amide bonds. The first-order valence-corrected chi connectivity index (χ1v) is 5.50. The lowest BCUT2D eigenvalue weighted by atomic mass is 9.88. The molecule has 1 rings (SSSR count). The largest absolute Gasteiger partial charge is 0.388 e. The maximum atomic E-state index is 11.9. The minimum absolute atomic E-state index is 0.154. The van der Waals surface area contributed by atoms with Crippen molar-refractivity contribution in [2.75, 3.05) is 19.6 Å². The van der Waals surface area contributed by atoms with E-state index in [1.165, 1.54) is 0 Å². The van der Waals surface area contributed by atoms with Crippen LogP contribution < -0.4 is 5.73 Å². The fourth-order valence-corrected chi connectivity index (χ4v) is 1.80. The van der Waals surface area contributed by atoms with Crippen molar-refractivity contribution in [1.29, 1.82) is 0 Å². The van der Waals surface area contributed by atoms with Crippen LogP contribution in [0.5, 0.6) is 0 Å². The Bertz CT molecular complexity index is 237. The first kappa shape index (κ1) is 12.5. The average molecular weight is 214 g/mol. The zero-order valence-corrected chi connectivity index (χ0v) is 9.92. The maximum Gasteiger partial charge on any atom is 0.227 e. The van der Waals surface area contributed by atoms with Crippen LogP contribution in [0.2, 0.25) is 0 Å². The van der Waals surface area contributed by atoms with Gasteiger partial charge in [-0.2, -0.15) is 0 Å². The third kappa shape index (κ3) is 2.92. The molecule has 0 bridgehead atoms. The molecule has 1 aliphatic heterocycles. The summed E-state index contributed by atoms with van der Waals surface area (Å²) in [5, 5.41) is 9.92. The first-order valence-electron chi connectivity index (χ1n) is 5.50. The Kier molecular flexibility index (Phi) is 3.41. The van der Waals surface area contributed by atoms with Gasteiger partial charge in [-0.1, -0.05) is 20.8 Å². The molecule has 1 heterocycles. The van der Waals surface area contributed by atoms with Crippen molar-refractivity contribution in [1.82, 2.24) is 4.90 Å². The molecule has 0 aromatic carbocycles. The van der Waals surface area contributed by atoms with E-state index in [1.807, 2.05) is 25.7 Å². The van der Waals surface area contributed by atoms with Crippen molar-refractivity contribution in [3.05, 3.63) is 0 Å². The fraction of sp³-hybridized carbons (Fsp3) is 0.909. The third-order valence-corrected chi connectivity index (χ3v) is 3.00. The summed E-state index contributed by atoms with van der Waals surface area (Å²) in [6.45, 7) is 7.26. The summed E-state index contributed by atoms with van der Waals surface area (Å²) in [5.41, 5.74) is 4.40. The molecule has 0 spiro atoms. The van der Waals surface area contributed by atoms with Crippen molar-refractivity contribution in [3.8, 4) is 0 Å². The molecule has 88 valence electrons. The molecule has 0 unspecified atom stereocenters. The Labute approximate surface area is 91.4 Å². The third-order valence-electron chi connectivity index (χ3n) is 3.00. The van der Waals surface area contributed by atoms with Crippen LogP contribution in [0.4, 0.5) is 0 Å². The van der Waals surface area contributed by atoms with Crippen LogP contribution in [0.3, 0.4) is 0 Å². The molecular formula is C11H22N2O2. The van der Waals surface area contributed by atoms with Crippen molar-refractivity contribution < 1.29 is 9.90 Å². The van der Waals surface area contributed by atoms with Crippen LogP contribution >= 0.6 is 0 Å². The molecule has 1 fully saturated rings. The van der Waals surface area contributed by atoms with Gasteiger partial charge in [-0.25, -0.2) is 0 Å². The molecule has 0 saturated carbocycles. The van der Waals surface area contributed by atoms with E-state index in [9.17, 15) is 9.90 Å². The van der Waals surface area contributed by atoms with E-state index in [4.69, 9.17) is 5.73 Å². The van der Waals surface area contributed by atoms with E-state index < -0.39 is 5.60 Å². The number of carbonyl (C=O) groups is 1. The molecule has 15 heavy (non-hydrogen) atoms. The Hall–Kier alpha value is -0.610. The number of carbonyl (C=O) groups excluding carboxylic acids is 1. The topological polar surface area (TPSA) is 66.6 Å². The molecule has 0 aromatic heterocycles. The second-order valence-electron chi connectivity index (χ2n) is 5.47. The molecule has 1 saturated heterocycles. The van der Waals surface area contributed by atoms with E-state index in [1.54, 1.807) is 0 Å². The highest BCUT2D eigenvalue weighted by Crippen LogP contribution is 2.25. The second-order valence-corrected chi connectivity index (χ2v) is 5.47. The highest BCUT2D eigenvalue weighted by atomic mass is 16.3. The van der Waals surface area contributed by atoms with Gasteiger partial charge >= 0.3 is 0 Å². The molecular weight excluding hydrogens is 192 g/mol. The van der Waals surface area contributed by atoms with Crippen LogP contribution in [0.1, 0.15) is 33.6 Å². The summed E-state index contributed by atoms with van der Waals surface area (Å²) in [6.07, 6.45) is 1.18. The van der Waals surface area contributed by atoms with Crippen LogP contribution in [-0.2, 0) is 4.79 Å². The van der Waals surface area contributed by atoms with Gasteiger partial charge in [-0.05, 0) is 12.8 Å². The fourth-order valence-electron chi connectivity index (χ4n) is 1.80. The number of amides is 1. The minimum atomic E-state index is -0.755. The van der Waals surface area contributed by atoms with Crippen LogP contribution in [-0.4, -0.2) is 41.1 Å². The Morgan fingerprint density at radius 1 is 1.40 bits per heavy atom. The lowest BCUT2D eigenvalue weighted by Crippen LogP contribution is -2.52. The highest BCUT2D eigenvalue weighted by Gasteiger charge is 2.35. The Morgan fingerprint density at radius 3 is 2.20 bits per heavy atom. The Balaban J connectivity index is 2.55. The molecule has 0 aromatic rings. The lowest BCUT2D eigenvalue weighted by Gasteiger charge is -2.39. The predicted octanol–water partition coefficient (Wildman–Crippen LogP) is 0.345. The van der Waals surface area contributed by atoms with Gasteiger partial charge in [0.25, 0.3) is 0 Å². The van der Waals surface area contributed by atoms with Gasteiger partial charge in [0, 0.05) is 25.0 Å². The SMILES string of the molecule is CC(C)(C)C(=O)N1CCC(O)(CN)CC1. The number of rotatable bonds is 1. The second kappa shape index (κ2) is 4.10. The van der Waals surface area contributed by atoms with Gasteiger partial charge in [0.1, 0.15) is 0 Å². The standard InChI is InChI=1S/C11H22N2O2/c1-10(2,3)9(14)13-6-4-11(15,8-12)5-7-13/h15H,4-8,12H2,1-3H3. The summed E-state index contributed by atoms with van der Waals surface area (Å²) in [6, 6.07) is 0. The van der Waals surface area contributed by atoms with E-state index in [0.717, 1.165) is 0 Å². The average Bonchev–Trinajstić information content (AvgIpc) is 2.17. The van der Waals surface area contributed by atoms with Crippen LogP contribution in [0, 0.1) is 5.41 Å². The number of piperidine rings is 1. The van der Waals surface area contributed by atoms with E-state index in [-0.39, 0.29) is 17.9 Å². The van der Waals surface area contributed by atoms with Gasteiger partial charge in [-0.15, -0.1) is 0 Å². The summed E-state index contributed by atoms with van der Waals surface area (Å²) >= 11 is 0. The molecule has 3 N–H and O–H groups in total. The van der Waals surface area contributed by atoms with Crippen LogP contribution in [0.15, 0.2) is 0 Å². The van der Waals surface area contributed by atoms with Gasteiger partial charge in [0.2, 0.25) is 5.91 Å². The maximum absolute atomic E-state index is 11.9. The van der Waals surface area contributed by atoms with E-state index in [0.29, 0.717) is 25.9 Å². The summed E-state index contributed by atoms with van der Waals surface area (Å²) in [5.74, 6) is 0.154. The number of nitrogens with zero attached hydrogens (tertiary/aromatic N) is 1. The number of nitrogens with two attached hydrogens (primary N) is 1. The Morgan fingerprint density at radius 2 is 1.87 bits per heavy atom. The van der Waals surface area contributed by atoms with Crippen molar-refractivity contribution in [2.45, 2.75) is 39.2 Å². The zero-order valence-electron chi connectivity index (χ0n) is 9.92. The first-order chi connectivity index (χ1) is 6.78. The summed E-state index contributed by atoms with van der Waals surface area (Å²) in [7, 11) is 0. The summed E-state index contributed by atoms with van der Waals surface area (Å²) in [4.78, 5) is 13.8. The lowest BCUT2D eigenvalue weighted by molar-refractivity contribution is -0.143. The molecule has 1 aliphatic rings. The van der Waals surface area contributed by atoms with Crippen molar-refractivity contribution in [3.63, 3.8) is 0 Å². The number of aliphatic hydroxyl groups is 1. The molecule has 4 heteroatoms. The molecule has 0 radical (unpaired) electrons. The van der Waals surface area contributed by atoms with Crippen molar-refractivity contribution >= 4 is 5.91 Å². The van der Waals surface area contributed by atoms with E-state index >= 15 is 0 Å². The van der Waals surface area contributed by atoms with Gasteiger partial charge < -0.3 is 15.7 Å². The van der Waals surface area contributed by atoms with Crippen LogP contribution in [0.25, 0.3) is 0 Å². The quantitative estimate of drug-likeness (QED) is 0.661. The highest BCUT2D eigenvalue weighted by molar-refractivity contribution is 5.81. The zero-order chi connectivity index (χ0) is 11.7. The van der Waals surface area contributed by atoms with Gasteiger partial charge in [0.05, 0.1) is 5.60 Å². The van der Waals surface area contributed by atoms with Crippen molar-refractivity contribution in [2.24, 2.45) is 11.1 Å². The number of likely N-dealkylation sites (tertiary alicyclic amines) is 1. The predicted molar refractivity (Wildman–Crippen MR) is 59.3 cm³/mol. The number of hydrogen-bond acceptors (Lipinski definition) is 3. The summed E-state index contributed by atoms with van der Waals surface area (Å²) < 4.78 is 0. The molecule has 4 nitrogen and oxygen atoms in total. The van der Waals surface area contributed by atoms with Gasteiger partial charge in [-0.3, -0.25) is 4.79 Å². The van der Waals surface area contributed by atoms with E-state index in [2.05, 4.69) is 0 Å². The smallest absolute Gasteiger partial charge is 0.227 e. The molecule has 0 atom stereocenters. The normalized spacial score (nSPS) is 21.5. The minimum Gasteiger partial charge on any atom is -0.388 e. The monoisotopic (exact) mass is 214 g/mol. The molecule has 0 aliphatic carbocycles. The van der Waals surface area contributed by atoms with Gasteiger partial charge in [0.15, 0.2) is 0 Å². The number of hydrogen-bond donors (Lipinski definition) is 2.